The van der Waals surface area contributed by atoms with Crippen LogP contribution in [0.1, 0.15) is 13.3 Å². The van der Waals surface area contributed by atoms with Crippen molar-refractivity contribution in [1.82, 2.24) is 4.90 Å². The van der Waals surface area contributed by atoms with E-state index in [1.165, 1.54) is 0 Å². The first-order chi connectivity index (χ1) is 9.58. The summed E-state index contributed by atoms with van der Waals surface area (Å²) in [6, 6.07) is 13.9. The number of nitrogens with zero attached hydrogens (tertiary/aromatic N) is 1. The van der Waals surface area contributed by atoms with Gasteiger partial charge >= 0.3 is 6.03 Å². The molecule has 2 aromatic carbocycles. The molecule has 0 bridgehead atoms. The molecule has 4 heteroatoms. The Labute approximate surface area is 119 Å². The lowest BCUT2D eigenvalue weighted by Gasteiger charge is -2.19. The van der Waals surface area contributed by atoms with Gasteiger partial charge in [0, 0.05) is 25.0 Å². The fourth-order valence-electron chi connectivity index (χ4n) is 2.04. The first kappa shape index (κ1) is 14.3. The largest absolute Gasteiger partial charge is 0.328 e. The lowest BCUT2D eigenvalue weighted by molar-refractivity contribution is 0.221. The van der Waals surface area contributed by atoms with E-state index in [2.05, 4.69) is 5.32 Å². The molecule has 0 heterocycles. The van der Waals surface area contributed by atoms with Crippen LogP contribution < -0.4 is 11.1 Å². The Morgan fingerprint density at radius 3 is 2.70 bits per heavy atom. The van der Waals surface area contributed by atoms with E-state index in [1.54, 1.807) is 11.9 Å². The molecule has 2 aromatic rings. The molecule has 1 atom stereocenters. The number of hydrogen-bond donors (Lipinski definition) is 2. The maximum atomic E-state index is 12.1. The van der Waals surface area contributed by atoms with Gasteiger partial charge in [-0.1, -0.05) is 36.4 Å². The lowest BCUT2D eigenvalue weighted by atomic mass is 10.1. The van der Waals surface area contributed by atoms with Gasteiger partial charge < -0.3 is 16.0 Å². The van der Waals surface area contributed by atoms with Crippen molar-refractivity contribution in [3.8, 4) is 0 Å². The number of nitrogens with two attached hydrogens (primary N) is 1. The zero-order chi connectivity index (χ0) is 14.5. The molecule has 2 amide bonds. The first-order valence-corrected chi connectivity index (χ1v) is 6.83. The number of carbonyl (C=O) groups excluding carboxylic acids is 1. The number of rotatable bonds is 4. The van der Waals surface area contributed by atoms with Crippen molar-refractivity contribution < 1.29 is 4.79 Å². The molecule has 2 rings (SSSR count). The molecule has 3 N–H and O–H groups in total. The number of nitrogens with one attached hydrogen (secondary N) is 1. The van der Waals surface area contributed by atoms with Crippen molar-refractivity contribution in [2.24, 2.45) is 5.73 Å². The maximum absolute atomic E-state index is 12.1. The second-order valence-corrected chi connectivity index (χ2v) is 5.14. The Morgan fingerprint density at radius 2 is 1.95 bits per heavy atom. The van der Waals surface area contributed by atoms with E-state index in [0.717, 1.165) is 22.9 Å². The van der Waals surface area contributed by atoms with Crippen LogP contribution in [-0.2, 0) is 0 Å². The summed E-state index contributed by atoms with van der Waals surface area (Å²) >= 11 is 0. The molecular formula is C16H21N3O. The van der Waals surface area contributed by atoms with Crippen LogP contribution in [-0.4, -0.2) is 30.6 Å². The fourth-order valence-corrected chi connectivity index (χ4v) is 2.04. The third-order valence-corrected chi connectivity index (χ3v) is 3.30. The summed E-state index contributed by atoms with van der Waals surface area (Å²) < 4.78 is 0. The van der Waals surface area contributed by atoms with E-state index in [-0.39, 0.29) is 12.1 Å². The van der Waals surface area contributed by atoms with E-state index < -0.39 is 0 Å². The third-order valence-electron chi connectivity index (χ3n) is 3.30. The lowest BCUT2D eigenvalue weighted by Crippen LogP contribution is -2.34. The molecule has 0 spiro atoms. The number of fused-ring (bicyclic) bond motifs is 1. The minimum absolute atomic E-state index is 0.0998. The Hall–Kier alpha value is -2.07. The molecule has 0 aromatic heterocycles. The van der Waals surface area contributed by atoms with Crippen LogP contribution in [0.3, 0.4) is 0 Å². The van der Waals surface area contributed by atoms with E-state index in [1.807, 2.05) is 49.4 Å². The van der Waals surface area contributed by atoms with E-state index in [9.17, 15) is 4.79 Å². The SMILES string of the molecule is CC(N)CCN(C)C(=O)Nc1cccc2ccccc12. The van der Waals surface area contributed by atoms with Gasteiger partial charge in [0.1, 0.15) is 0 Å². The van der Waals surface area contributed by atoms with E-state index in [4.69, 9.17) is 5.73 Å². The van der Waals surface area contributed by atoms with Crippen LogP contribution in [0.25, 0.3) is 10.8 Å². The fraction of sp³-hybridized carbons (Fsp3) is 0.312. The van der Waals surface area contributed by atoms with Gasteiger partial charge in [-0.05, 0) is 24.8 Å². The normalized spacial score (nSPS) is 12.2. The zero-order valence-electron chi connectivity index (χ0n) is 12.0. The number of anilines is 1. The van der Waals surface area contributed by atoms with Gasteiger partial charge in [-0.2, -0.15) is 0 Å². The highest BCUT2D eigenvalue weighted by molar-refractivity contribution is 6.01. The number of urea groups is 1. The van der Waals surface area contributed by atoms with Crippen LogP contribution in [0.4, 0.5) is 10.5 Å². The van der Waals surface area contributed by atoms with Gasteiger partial charge in [0.15, 0.2) is 0 Å². The Bertz CT molecular complexity index is 590. The number of carbonyl (C=O) groups is 1. The molecule has 0 aliphatic rings. The van der Waals surface area contributed by atoms with Gasteiger partial charge in [0.05, 0.1) is 5.69 Å². The number of amides is 2. The maximum Gasteiger partial charge on any atom is 0.321 e. The molecule has 1 unspecified atom stereocenters. The van der Waals surface area contributed by atoms with Crippen LogP contribution in [0, 0.1) is 0 Å². The van der Waals surface area contributed by atoms with Gasteiger partial charge in [0.2, 0.25) is 0 Å². The average molecular weight is 271 g/mol. The predicted molar refractivity (Wildman–Crippen MR) is 83.9 cm³/mol. The molecule has 0 radical (unpaired) electrons. The van der Waals surface area contributed by atoms with Crippen molar-refractivity contribution in [1.29, 1.82) is 0 Å². The summed E-state index contributed by atoms with van der Waals surface area (Å²) in [6.07, 6.45) is 0.791. The average Bonchev–Trinajstić information content (AvgIpc) is 2.45. The first-order valence-electron chi connectivity index (χ1n) is 6.83. The topological polar surface area (TPSA) is 58.4 Å². The minimum atomic E-state index is -0.109. The number of benzene rings is 2. The van der Waals surface area contributed by atoms with Crippen LogP contribution in [0.5, 0.6) is 0 Å². The second kappa shape index (κ2) is 6.39. The van der Waals surface area contributed by atoms with Crippen LogP contribution in [0.15, 0.2) is 42.5 Å². The number of hydrogen-bond acceptors (Lipinski definition) is 2. The zero-order valence-corrected chi connectivity index (χ0v) is 12.0. The Balaban J connectivity index is 2.10. The van der Waals surface area contributed by atoms with Crippen molar-refractivity contribution in [3.05, 3.63) is 42.5 Å². The molecule has 0 saturated carbocycles. The van der Waals surface area contributed by atoms with Crippen LogP contribution >= 0.6 is 0 Å². The quantitative estimate of drug-likeness (QED) is 0.898. The van der Waals surface area contributed by atoms with Crippen molar-refractivity contribution in [3.63, 3.8) is 0 Å². The van der Waals surface area contributed by atoms with Crippen molar-refractivity contribution in [2.75, 3.05) is 18.9 Å². The van der Waals surface area contributed by atoms with Gasteiger partial charge in [-0.3, -0.25) is 0 Å². The highest BCUT2D eigenvalue weighted by atomic mass is 16.2. The van der Waals surface area contributed by atoms with Gasteiger partial charge in [-0.15, -0.1) is 0 Å². The minimum Gasteiger partial charge on any atom is -0.328 e. The summed E-state index contributed by atoms with van der Waals surface area (Å²) in [6.45, 7) is 2.59. The molecular weight excluding hydrogens is 250 g/mol. The Morgan fingerprint density at radius 1 is 1.25 bits per heavy atom. The smallest absolute Gasteiger partial charge is 0.321 e. The summed E-state index contributed by atoms with van der Waals surface area (Å²) in [5, 5.41) is 5.11. The van der Waals surface area contributed by atoms with E-state index >= 15 is 0 Å². The van der Waals surface area contributed by atoms with Crippen LogP contribution in [0.2, 0.25) is 0 Å². The molecule has 0 aliphatic heterocycles. The molecule has 0 aliphatic carbocycles. The van der Waals surface area contributed by atoms with Gasteiger partial charge in [0.25, 0.3) is 0 Å². The Kier molecular flexibility index (Phi) is 4.58. The predicted octanol–water partition coefficient (Wildman–Crippen LogP) is 3.04. The summed E-state index contributed by atoms with van der Waals surface area (Å²) in [7, 11) is 1.78. The standard InChI is InChI=1S/C16H21N3O/c1-12(17)10-11-19(2)16(20)18-15-9-5-7-13-6-3-4-8-14(13)15/h3-9,12H,10-11,17H2,1-2H3,(H,18,20). The highest BCUT2D eigenvalue weighted by Crippen LogP contribution is 2.23. The van der Waals surface area contributed by atoms with E-state index in [0.29, 0.717) is 6.54 Å². The molecule has 0 saturated heterocycles. The molecule has 0 fully saturated rings. The van der Waals surface area contributed by atoms with Crippen molar-refractivity contribution in [2.45, 2.75) is 19.4 Å². The molecule has 106 valence electrons. The summed E-state index contributed by atoms with van der Waals surface area (Å²) in [5.74, 6) is 0. The van der Waals surface area contributed by atoms with Crippen molar-refractivity contribution >= 4 is 22.5 Å². The third kappa shape index (κ3) is 3.48. The molecule has 20 heavy (non-hydrogen) atoms. The van der Waals surface area contributed by atoms with Gasteiger partial charge in [-0.25, -0.2) is 4.79 Å². The highest BCUT2D eigenvalue weighted by Gasteiger charge is 2.10. The summed E-state index contributed by atoms with van der Waals surface area (Å²) in [4.78, 5) is 13.8. The molecule has 4 nitrogen and oxygen atoms in total. The second-order valence-electron chi connectivity index (χ2n) is 5.14. The monoisotopic (exact) mass is 271 g/mol. The summed E-state index contributed by atoms with van der Waals surface area (Å²) in [5.41, 5.74) is 6.54.